The normalized spacial score (nSPS) is 25.8. The number of piperidine rings is 1. The summed E-state index contributed by atoms with van der Waals surface area (Å²) in [6.45, 7) is 5.58. The van der Waals surface area contributed by atoms with Gasteiger partial charge < -0.3 is 5.32 Å². The molecule has 1 unspecified atom stereocenters. The lowest BCUT2D eigenvalue weighted by atomic mass is 9.87. The van der Waals surface area contributed by atoms with Crippen LogP contribution >= 0.6 is 0 Å². The van der Waals surface area contributed by atoms with Crippen LogP contribution in [0.5, 0.6) is 0 Å². The molecule has 1 atom stereocenters. The van der Waals surface area contributed by atoms with Crippen LogP contribution in [0.1, 0.15) is 40.5 Å². The molecule has 3 amide bonds. The lowest BCUT2D eigenvalue weighted by Gasteiger charge is -2.41. The fraction of sp³-hybridized carbons (Fsp3) is 0.267. The summed E-state index contributed by atoms with van der Waals surface area (Å²) in [5, 5.41) is 2.64. The Morgan fingerprint density at radius 2 is 1.70 bits per heavy atom. The highest BCUT2D eigenvalue weighted by molar-refractivity contribution is 6.22. The number of rotatable bonds is 1. The molecule has 1 aromatic rings. The SMILES string of the molecule is C=C1NC(=O)CCC1(C)N1C(=O)c2ccccc2C1=O. The molecule has 1 saturated heterocycles. The molecule has 0 aromatic heterocycles. The Bertz CT molecular complexity index is 630. The molecule has 20 heavy (non-hydrogen) atoms. The highest BCUT2D eigenvalue weighted by Gasteiger charge is 2.49. The number of hydrogen-bond donors (Lipinski definition) is 1. The number of hydrogen-bond acceptors (Lipinski definition) is 3. The van der Waals surface area contributed by atoms with Gasteiger partial charge in [-0.2, -0.15) is 0 Å². The third-order valence-electron chi connectivity index (χ3n) is 4.07. The van der Waals surface area contributed by atoms with Crippen molar-refractivity contribution in [3.63, 3.8) is 0 Å². The number of carbonyl (C=O) groups is 3. The van der Waals surface area contributed by atoms with Gasteiger partial charge in [0.05, 0.1) is 16.7 Å². The summed E-state index contributed by atoms with van der Waals surface area (Å²) in [6, 6.07) is 6.74. The maximum absolute atomic E-state index is 12.5. The van der Waals surface area contributed by atoms with E-state index in [2.05, 4.69) is 11.9 Å². The van der Waals surface area contributed by atoms with Gasteiger partial charge in [-0.1, -0.05) is 18.7 Å². The van der Waals surface area contributed by atoms with Gasteiger partial charge >= 0.3 is 0 Å². The van der Waals surface area contributed by atoms with Crippen molar-refractivity contribution in [3.05, 3.63) is 47.7 Å². The van der Waals surface area contributed by atoms with Crippen LogP contribution in [0.3, 0.4) is 0 Å². The first-order valence-electron chi connectivity index (χ1n) is 6.42. The van der Waals surface area contributed by atoms with Gasteiger partial charge in [-0.05, 0) is 25.5 Å². The topological polar surface area (TPSA) is 66.5 Å². The van der Waals surface area contributed by atoms with Crippen LogP contribution in [0.4, 0.5) is 0 Å². The first-order valence-corrected chi connectivity index (χ1v) is 6.42. The molecule has 5 nitrogen and oxygen atoms in total. The van der Waals surface area contributed by atoms with Crippen molar-refractivity contribution in [3.8, 4) is 0 Å². The number of benzene rings is 1. The summed E-state index contributed by atoms with van der Waals surface area (Å²) in [7, 11) is 0. The van der Waals surface area contributed by atoms with Gasteiger partial charge in [-0.25, -0.2) is 0 Å². The molecule has 1 N–H and O–H groups in total. The molecule has 2 aliphatic heterocycles. The van der Waals surface area contributed by atoms with Crippen LogP contribution in [0.25, 0.3) is 0 Å². The standard InChI is InChI=1S/C15H14N2O3/c1-9-15(2,8-7-12(18)16-9)17-13(19)10-5-3-4-6-11(10)14(17)20/h3-6H,1,7-8H2,2H3,(H,16,18). The van der Waals surface area contributed by atoms with Gasteiger partial charge in [0.2, 0.25) is 5.91 Å². The molecule has 3 rings (SSSR count). The molecule has 102 valence electrons. The Labute approximate surface area is 116 Å². The molecule has 5 heteroatoms. The van der Waals surface area contributed by atoms with Crippen LogP contribution in [-0.4, -0.2) is 28.2 Å². The molecular weight excluding hydrogens is 256 g/mol. The molecule has 0 aliphatic carbocycles. The van der Waals surface area contributed by atoms with Crippen LogP contribution in [0.2, 0.25) is 0 Å². The minimum atomic E-state index is -0.874. The average molecular weight is 270 g/mol. The van der Waals surface area contributed by atoms with E-state index in [1.807, 2.05) is 0 Å². The number of carbonyl (C=O) groups excluding carboxylic acids is 3. The third-order valence-corrected chi connectivity index (χ3v) is 4.07. The molecule has 1 aromatic carbocycles. The highest BCUT2D eigenvalue weighted by atomic mass is 16.2. The maximum Gasteiger partial charge on any atom is 0.262 e. The third kappa shape index (κ3) is 1.52. The maximum atomic E-state index is 12.5. The van der Waals surface area contributed by atoms with E-state index in [-0.39, 0.29) is 24.1 Å². The van der Waals surface area contributed by atoms with Crippen molar-refractivity contribution >= 4 is 17.7 Å². The van der Waals surface area contributed by atoms with E-state index in [1.165, 1.54) is 4.90 Å². The van der Waals surface area contributed by atoms with E-state index in [1.54, 1.807) is 31.2 Å². The van der Waals surface area contributed by atoms with Gasteiger partial charge in [0.15, 0.2) is 0 Å². The Morgan fingerprint density at radius 3 is 2.20 bits per heavy atom. The zero-order chi connectivity index (χ0) is 14.5. The van der Waals surface area contributed by atoms with Crippen LogP contribution in [-0.2, 0) is 4.79 Å². The zero-order valence-electron chi connectivity index (χ0n) is 11.1. The molecule has 2 heterocycles. The molecular formula is C15H14N2O3. The number of amides is 3. The summed E-state index contributed by atoms with van der Waals surface area (Å²) in [5.74, 6) is -0.792. The lowest BCUT2D eigenvalue weighted by molar-refractivity contribution is -0.122. The van der Waals surface area contributed by atoms with E-state index in [9.17, 15) is 14.4 Å². The quantitative estimate of drug-likeness (QED) is 0.786. The van der Waals surface area contributed by atoms with E-state index in [0.717, 1.165) is 0 Å². The Kier molecular flexibility index (Phi) is 2.54. The smallest absolute Gasteiger partial charge is 0.262 e. The molecule has 0 radical (unpaired) electrons. The predicted molar refractivity (Wildman–Crippen MR) is 71.9 cm³/mol. The Hall–Kier alpha value is -2.43. The molecule has 1 fully saturated rings. The van der Waals surface area contributed by atoms with E-state index < -0.39 is 5.54 Å². The zero-order valence-corrected chi connectivity index (χ0v) is 11.1. The van der Waals surface area contributed by atoms with E-state index in [0.29, 0.717) is 23.2 Å². The average Bonchev–Trinajstić information content (AvgIpc) is 2.68. The first kappa shape index (κ1) is 12.6. The molecule has 0 spiro atoms. The summed E-state index contributed by atoms with van der Waals surface area (Å²) < 4.78 is 0. The second-order valence-corrected chi connectivity index (χ2v) is 5.29. The van der Waals surface area contributed by atoms with Crippen molar-refractivity contribution in [2.24, 2.45) is 0 Å². The Morgan fingerprint density at radius 1 is 1.15 bits per heavy atom. The molecule has 2 aliphatic rings. The van der Waals surface area contributed by atoms with Gasteiger partial charge in [0, 0.05) is 12.1 Å². The van der Waals surface area contributed by atoms with Crippen molar-refractivity contribution < 1.29 is 14.4 Å². The Balaban J connectivity index is 2.04. The second kappa shape index (κ2) is 4.03. The van der Waals surface area contributed by atoms with Crippen LogP contribution < -0.4 is 5.32 Å². The summed E-state index contributed by atoms with van der Waals surface area (Å²) >= 11 is 0. The van der Waals surface area contributed by atoms with Gasteiger partial charge in [0.25, 0.3) is 11.8 Å². The molecule has 0 bridgehead atoms. The lowest BCUT2D eigenvalue weighted by Crippen LogP contribution is -2.57. The van der Waals surface area contributed by atoms with Crippen LogP contribution in [0, 0.1) is 0 Å². The molecule has 0 saturated carbocycles. The largest absolute Gasteiger partial charge is 0.328 e. The van der Waals surface area contributed by atoms with Crippen molar-refractivity contribution in [2.45, 2.75) is 25.3 Å². The highest BCUT2D eigenvalue weighted by Crippen LogP contribution is 2.37. The first-order chi connectivity index (χ1) is 9.45. The van der Waals surface area contributed by atoms with E-state index >= 15 is 0 Å². The second-order valence-electron chi connectivity index (χ2n) is 5.29. The fourth-order valence-electron chi connectivity index (χ4n) is 2.76. The number of nitrogens with one attached hydrogen (secondary N) is 1. The number of imide groups is 1. The minimum Gasteiger partial charge on any atom is -0.328 e. The van der Waals surface area contributed by atoms with Crippen LogP contribution in [0.15, 0.2) is 36.5 Å². The fourth-order valence-corrected chi connectivity index (χ4v) is 2.76. The van der Waals surface area contributed by atoms with Crippen molar-refractivity contribution in [2.75, 3.05) is 0 Å². The predicted octanol–water partition coefficient (Wildman–Crippen LogP) is 1.47. The monoisotopic (exact) mass is 270 g/mol. The van der Waals surface area contributed by atoms with Crippen molar-refractivity contribution in [1.29, 1.82) is 0 Å². The van der Waals surface area contributed by atoms with Gasteiger partial charge in [-0.3, -0.25) is 19.3 Å². The summed E-state index contributed by atoms with van der Waals surface area (Å²) in [5.41, 5.74) is 0.330. The van der Waals surface area contributed by atoms with E-state index in [4.69, 9.17) is 0 Å². The van der Waals surface area contributed by atoms with Crippen molar-refractivity contribution in [1.82, 2.24) is 10.2 Å². The summed E-state index contributed by atoms with van der Waals surface area (Å²) in [6.07, 6.45) is 0.659. The number of nitrogens with zero attached hydrogens (tertiary/aromatic N) is 1. The minimum absolute atomic E-state index is 0.135. The van der Waals surface area contributed by atoms with Gasteiger partial charge in [0.1, 0.15) is 0 Å². The number of fused-ring (bicyclic) bond motifs is 1. The van der Waals surface area contributed by atoms with Gasteiger partial charge in [-0.15, -0.1) is 0 Å². The summed E-state index contributed by atoms with van der Waals surface area (Å²) in [4.78, 5) is 37.6.